The maximum Gasteiger partial charge on any atom is 0.348 e. The van der Waals surface area contributed by atoms with E-state index in [9.17, 15) is 19.2 Å². The molecule has 0 saturated carbocycles. The van der Waals surface area contributed by atoms with Crippen LogP contribution in [0.4, 0.5) is 0 Å². The van der Waals surface area contributed by atoms with E-state index in [1.807, 2.05) is 35.3 Å². The number of hydrogen-bond donors (Lipinski definition) is 1. The Morgan fingerprint density at radius 1 is 1.26 bits per heavy atom. The summed E-state index contributed by atoms with van der Waals surface area (Å²) in [5.74, 6) is -0.626. The molecule has 0 atom stereocenters. The number of carbonyl (C=O) groups is 2. The number of H-pyrrole nitrogens is 1. The number of thiophene rings is 1. The predicted octanol–water partition coefficient (Wildman–Crippen LogP) is 1.15. The van der Waals surface area contributed by atoms with Crippen molar-refractivity contribution in [2.75, 3.05) is 0 Å². The highest BCUT2D eigenvalue weighted by Gasteiger charge is 2.17. The molecule has 0 unspecified atom stereocenters. The van der Waals surface area contributed by atoms with Gasteiger partial charge in [-0.05, 0) is 11.6 Å². The third kappa shape index (κ3) is 2.84. The van der Waals surface area contributed by atoms with Crippen molar-refractivity contribution in [3.05, 3.63) is 67.7 Å². The van der Waals surface area contributed by atoms with Gasteiger partial charge in [0.1, 0.15) is 16.3 Å². The van der Waals surface area contributed by atoms with E-state index in [1.54, 1.807) is 0 Å². The zero-order chi connectivity index (χ0) is 16.4. The SMILES string of the molecule is O=Cn1c(=O)[nH]c(=O)c2cc(C(=O)OCc3ccccc3)sc21. The van der Waals surface area contributed by atoms with E-state index in [2.05, 4.69) is 0 Å². The summed E-state index contributed by atoms with van der Waals surface area (Å²) in [4.78, 5) is 48.6. The molecule has 2 aromatic heterocycles. The number of aromatic nitrogens is 2. The first-order chi connectivity index (χ1) is 11.1. The van der Waals surface area contributed by atoms with Crippen molar-refractivity contribution in [1.82, 2.24) is 9.55 Å². The second-order valence-corrected chi connectivity index (χ2v) is 5.66. The lowest BCUT2D eigenvalue weighted by molar-refractivity contribution is 0.0478. The fraction of sp³-hybridized carbons (Fsp3) is 0.0667. The van der Waals surface area contributed by atoms with E-state index in [0.717, 1.165) is 21.5 Å². The van der Waals surface area contributed by atoms with Gasteiger partial charge in [-0.3, -0.25) is 14.6 Å². The Hall–Kier alpha value is -3.00. The van der Waals surface area contributed by atoms with E-state index >= 15 is 0 Å². The predicted molar refractivity (Wildman–Crippen MR) is 84.4 cm³/mol. The van der Waals surface area contributed by atoms with Gasteiger partial charge in [-0.2, -0.15) is 0 Å². The largest absolute Gasteiger partial charge is 0.457 e. The molecule has 3 rings (SSSR count). The van der Waals surface area contributed by atoms with Crippen LogP contribution in [0, 0.1) is 0 Å². The summed E-state index contributed by atoms with van der Waals surface area (Å²) in [5, 5.41) is 0.0911. The molecule has 0 saturated heterocycles. The third-order valence-corrected chi connectivity index (χ3v) is 4.25. The minimum absolute atomic E-state index is 0.0881. The Morgan fingerprint density at radius 3 is 2.70 bits per heavy atom. The van der Waals surface area contributed by atoms with E-state index < -0.39 is 17.2 Å². The number of nitrogens with one attached hydrogen (secondary N) is 1. The van der Waals surface area contributed by atoms with Crippen LogP contribution in [0.5, 0.6) is 0 Å². The van der Waals surface area contributed by atoms with Crippen LogP contribution < -0.4 is 11.2 Å². The fourth-order valence-electron chi connectivity index (χ4n) is 2.03. The molecule has 0 aliphatic heterocycles. The molecule has 0 fully saturated rings. The summed E-state index contributed by atoms with van der Waals surface area (Å²) in [6.45, 7) is 0.0881. The van der Waals surface area contributed by atoms with Crippen LogP contribution in [-0.2, 0) is 16.1 Å². The van der Waals surface area contributed by atoms with Gasteiger partial charge in [0, 0.05) is 0 Å². The molecule has 1 N–H and O–H groups in total. The number of benzene rings is 1. The van der Waals surface area contributed by atoms with Gasteiger partial charge in [0.2, 0.25) is 6.41 Å². The molecule has 3 aromatic rings. The Bertz CT molecular complexity index is 1000. The fourth-order valence-corrected chi connectivity index (χ4v) is 3.04. The van der Waals surface area contributed by atoms with E-state index in [0.29, 0.717) is 0 Å². The molecule has 0 amide bonds. The summed E-state index contributed by atoms with van der Waals surface area (Å²) in [5.41, 5.74) is -0.672. The Morgan fingerprint density at radius 2 is 2.00 bits per heavy atom. The molecule has 0 bridgehead atoms. The minimum atomic E-state index is -0.844. The van der Waals surface area contributed by atoms with Crippen LogP contribution in [0.2, 0.25) is 0 Å². The number of esters is 1. The zero-order valence-electron chi connectivity index (χ0n) is 11.6. The number of fused-ring (bicyclic) bond motifs is 1. The van der Waals surface area contributed by atoms with Gasteiger partial charge in [0.05, 0.1) is 5.39 Å². The maximum atomic E-state index is 12.1. The summed E-state index contributed by atoms with van der Waals surface area (Å²) < 4.78 is 5.92. The summed E-state index contributed by atoms with van der Waals surface area (Å²) in [6, 6.07) is 10.4. The van der Waals surface area contributed by atoms with E-state index in [1.165, 1.54) is 6.07 Å². The summed E-state index contributed by atoms with van der Waals surface area (Å²) in [7, 11) is 0. The second kappa shape index (κ2) is 6.01. The molecule has 0 aliphatic carbocycles. The normalized spacial score (nSPS) is 10.6. The monoisotopic (exact) mass is 330 g/mol. The number of hydrogen-bond acceptors (Lipinski definition) is 6. The number of aromatic amines is 1. The second-order valence-electron chi connectivity index (χ2n) is 4.63. The average molecular weight is 330 g/mol. The van der Waals surface area contributed by atoms with Crippen molar-refractivity contribution in [3.63, 3.8) is 0 Å². The molecule has 116 valence electrons. The standard InChI is InChI=1S/C15H10N2O5S/c18-8-17-13-10(12(19)16-15(17)21)6-11(23-13)14(20)22-7-9-4-2-1-3-5-9/h1-6,8H,7H2,(H,16,19,21). The Labute approximate surface area is 132 Å². The average Bonchev–Trinajstić information content (AvgIpc) is 2.99. The zero-order valence-corrected chi connectivity index (χ0v) is 12.5. The first-order valence-electron chi connectivity index (χ1n) is 6.55. The van der Waals surface area contributed by atoms with Gasteiger partial charge in [-0.25, -0.2) is 14.2 Å². The lowest BCUT2D eigenvalue weighted by atomic mass is 10.2. The molecule has 0 radical (unpaired) electrons. The molecular weight excluding hydrogens is 320 g/mol. The first kappa shape index (κ1) is 14.9. The lowest BCUT2D eigenvalue weighted by Crippen LogP contribution is -2.29. The Balaban J connectivity index is 1.93. The summed E-state index contributed by atoms with van der Waals surface area (Å²) in [6.07, 6.45) is 0.288. The van der Waals surface area contributed by atoms with Gasteiger partial charge in [0.15, 0.2) is 0 Å². The number of nitrogens with zero attached hydrogens (tertiary/aromatic N) is 1. The van der Waals surface area contributed by atoms with E-state index in [4.69, 9.17) is 4.74 Å². The van der Waals surface area contributed by atoms with Crippen LogP contribution in [0.15, 0.2) is 46.0 Å². The van der Waals surface area contributed by atoms with Crippen LogP contribution in [-0.4, -0.2) is 21.9 Å². The van der Waals surface area contributed by atoms with Crippen molar-refractivity contribution in [2.45, 2.75) is 6.61 Å². The van der Waals surface area contributed by atoms with E-state index in [-0.39, 0.29) is 28.1 Å². The van der Waals surface area contributed by atoms with Gasteiger partial charge in [0.25, 0.3) is 5.56 Å². The van der Waals surface area contributed by atoms with Gasteiger partial charge >= 0.3 is 11.7 Å². The van der Waals surface area contributed by atoms with Gasteiger partial charge in [-0.1, -0.05) is 30.3 Å². The van der Waals surface area contributed by atoms with Crippen LogP contribution in [0.25, 0.3) is 10.2 Å². The van der Waals surface area contributed by atoms with Crippen molar-refractivity contribution >= 4 is 33.9 Å². The Kier molecular flexibility index (Phi) is 3.90. The quantitative estimate of drug-likeness (QED) is 0.571. The highest BCUT2D eigenvalue weighted by atomic mass is 32.1. The number of rotatable bonds is 4. The summed E-state index contributed by atoms with van der Waals surface area (Å²) >= 11 is 0.857. The minimum Gasteiger partial charge on any atom is -0.457 e. The topological polar surface area (TPSA) is 98.2 Å². The number of ether oxygens (including phenoxy) is 1. The molecule has 2 heterocycles. The van der Waals surface area contributed by atoms with Crippen LogP contribution in [0.3, 0.4) is 0 Å². The molecule has 0 spiro atoms. The number of carbonyl (C=O) groups excluding carboxylic acids is 2. The lowest BCUT2D eigenvalue weighted by Gasteiger charge is -2.02. The molecule has 7 nitrogen and oxygen atoms in total. The molecule has 8 heteroatoms. The molecular formula is C15H10N2O5S. The van der Waals surface area contributed by atoms with Crippen molar-refractivity contribution in [2.24, 2.45) is 0 Å². The maximum absolute atomic E-state index is 12.1. The molecule has 1 aromatic carbocycles. The van der Waals surface area contributed by atoms with Crippen molar-refractivity contribution < 1.29 is 14.3 Å². The highest BCUT2D eigenvalue weighted by Crippen LogP contribution is 2.22. The van der Waals surface area contributed by atoms with Gasteiger partial charge in [-0.15, -0.1) is 11.3 Å². The smallest absolute Gasteiger partial charge is 0.348 e. The van der Waals surface area contributed by atoms with Crippen molar-refractivity contribution in [3.8, 4) is 0 Å². The first-order valence-corrected chi connectivity index (χ1v) is 7.36. The highest BCUT2D eigenvalue weighted by molar-refractivity contribution is 7.20. The molecule has 23 heavy (non-hydrogen) atoms. The molecule has 0 aliphatic rings. The third-order valence-electron chi connectivity index (χ3n) is 3.13. The van der Waals surface area contributed by atoms with Crippen LogP contribution >= 0.6 is 11.3 Å². The van der Waals surface area contributed by atoms with Gasteiger partial charge < -0.3 is 4.74 Å². The van der Waals surface area contributed by atoms with Crippen molar-refractivity contribution in [1.29, 1.82) is 0 Å². The van der Waals surface area contributed by atoms with Crippen LogP contribution in [0.1, 0.15) is 15.2 Å².